The Morgan fingerprint density at radius 2 is 1.05 bits per heavy atom. The minimum Gasteiger partial charge on any atom is -0.304 e. The van der Waals surface area contributed by atoms with Crippen molar-refractivity contribution in [1.29, 1.82) is 0 Å². The van der Waals surface area contributed by atoms with Gasteiger partial charge in [-0.15, -0.1) is 0 Å². The first-order chi connectivity index (χ1) is 9.97. The zero-order chi connectivity index (χ0) is 15.4. The molecule has 0 saturated carbocycles. The number of hydrogen-bond acceptors (Lipinski definition) is 1. The van der Waals surface area contributed by atoms with E-state index in [-0.39, 0.29) is 0 Å². The van der Waals surface area contributed by atoms with Crippen molar-refractivity contribution in [2.24, 2.45) is 0 Å². The van der Waals surface area contributed by atoms with Gasteiger partial charge in [0.1, 0.15) is 0 Å². The van der Waals surface area contributed by atoms with Crippen molar-refractivity contribution in [3.8, 4) is 0 Å². The minimum absolute atomic E-state index is 0.331. The van der Waals surface area contributed by atoms with Crippen LogP contribution in [-0.4, -0.2) is 0 Å². The Kier molecular flexibility index (Phi) is 5.60. The van der Waals surface area contributed by atoms with Crippen LogP contribution < -0.4 is 5.32 Å². The summed E-state index contributed by atoms with van der Waals surface area (Å²) in [6.45, 7) is 8.89. The zero-order valence-corrected chi connectivity index (χ0v) is 14.8. The molecule has 0 aliphatic carbocycles. The van der Waals surface area contributed by atoms with E-state index in [2.05, 4.69) is 97.5 Å². The third kappa shape index (κ3) is 4.42. The van der Waals surface area contributed by atoms with Crippen molar-refractivity contribution in [3.05, 3.63) is 69.7 Å². The Morgan fingerprint density at radius 1 is 0.667 bits per heavy atom. The van der Waals surface area contributed by atoms with Gasteiger partial charge in [-0.1, -0.05) is 66.2 Å². The van der Waals surface area contributed by atoms with E-state index < -0.39 is 0 Å². The summed E-state index contributed by atoms with van der Waals surface area (Å²) in [7, 11) is 0. The number of hydrogen-bond donors (Lipinski definition) is 1. The van der Waals surface area contributed by atoms with Crippen LogP contribution in [0.25, 0.3) is 0 Å². The lowest BCUT2D eigenvalue weighted by atomic mass is 9.99. The van der Waals surface area contributed by atoms with Crippen molar-refractivity contribution in [2.75, 3.05) is 0 Å². The highest BCUT2D eigenvalue weighted by atomic mass is 79.9. The lowest BCUT2D eigenvalue weighted by molar-refractivity contribution is 0.494. The molecule has 2 aromatic carbocycles. The molecule has 112 valence electrons. The average molecular weight is 346 g/mol. The van der Waals surface area contributed by atoms with Crippen LogP contribution in [0.15, 0.2) is 53.0 Å². The maximum absolute atomic E-state index is 3.67. The van der Waals surface area contributed by atoms with Crippen LogP contribution in [0.4, 0.5) is 0 Å². The Balaban J connectivity index is 2.03. The standard InChI is InChI=1S/C19H24BrN/c1-13(2)16-5-7-17(8-6-16)14(3)21-15(4)18-9-11-19(20)12-10-18/h5-15,21H,1-4H3/t14?,15-/m0/s1. The minimum atomic E-state index is 0.331. The summed E-state index contributed by atoms with van der Waals surface area (Å²) in [6.07, 6.45) is 0. The maximum atomic E-state index is 3.67. The molecule has 2 heteroatoms. The molecule has 2 rings (SSSR count). The summed E-state index contributed by atoms with van der Waals surface area (Å²) in [5, 5.41) is 3.67. The second kappa shape index (κ2) is 7.24. The molecule has 2 aromatic rings. The van der Waals surface area contributed by atoms with E-state index in [4.69, 9.17) is 0 Å². The van der Waals surface area contributed by atoms with Gasteiger partial charge in [-0.25, -0.2) is 0 Å². The van der Waals surface area contributed by atoms with Crippen LogP contribution in [0.3, 0.4) is 0 Å². The molecule has 0 spiro atoms. The molecule has 0 heterocycles. The number of nitrogens with one attached hydrogen (secondary N) is 1. The third-order valence-electron chi connectivity index (χ3n) is 3.97. The van der Waals surface area contributed by atoms with Gasteiger partial charge in [-0.3, -0.25) is 0 Å². The fourth-order valence-corrected chi connectivity index (χ4v) is 2.75. The maximum Gasteiger partial charge on any atom is 0.0297 e. The van der Waals surface area contributed by atoms with Crippen molar-refractivity contribution >= 4 is 15.9 Å². The molecule has 1 unspecified atom stereocenters. The lowest BCUT2D eigenvalue weighted by Crippen LogP contribution is -2.22. The van der Waals surface area contributed by atoms with Crippen molar-refractivity contribution < 1.29 is 0 Å². The van der Waals surface area contributed by atoms with Gasteiger partial charge in [0, 0.05) is 16.6 Å². The summed E-state index contributed by atoms with van der Waals surface area (Å²) in [4.78, 5) is 0. The molecule has 1 N–H and O–H groups in total. The van der Waals surface area contributed by atoms with Crippen LogP contribution in [0.5, 0.6) is 0 Å². The van der Waals surface area contributed by atoms with E-state index in [9.17, 15) is 0 Å². The van der Waals surface area contributed by atoms with Gasteiger partial charge in [0.05, 0.1) is 0 Å². The van der Waals surface area contributed by atoms with E-state index in [0.717, 1.165) is 4.47 Å². The van der Waals surface area contributed by atoms with Gasteiger partial charge in [0.25, 0.3) is 0 Å². The van der Waals surface area contributed by atoms with Gasteiger partial charge >= 0.3 is 0 Å². The predicted molar refractivity (Wildman–Crippen MR) is 94.6 cm³/mol. The molecule has 0 fully saturated rings. The number of halogens is 1. The molecule has 1 nitrogen and oxygen atoms in total. The molecule has 0 bridgehead atoms. The average Bonchev–Trinajstić information content (AvgIpc) is 2.47. The van der Waals surface area contributed by atoms with Gasteiger partial charge in [0.2, 0.25) is 0 Å². The zero-order valence-electron chi connectivity index (χ0n) is 13.2. The van der Waals surface area contributed by atoms with Crippen LogP contribution in [-0.2, 0) is 0 Å². The van der Waals surface area contributed by atoms with Gasteiger partial charge in [0.15, 0.2) is 0 Å². The molecule has 21 heavy (non-hydrogen) atoms. The Bertz CT molecular complexity index is 557. The first kappa shape index (κ1) is 16.3. The second-order valence-corrected chi connectivity index (χ2v) is 6.90. The molecule has 0 saturated heterocycles. The molecular formula is C19H24BrN. The SMILES string of the molecule is CC(C)c1ccc(C(C)N[C@@H](C)c2ccc(Br)cc2)cc1. The van der Waals surface area contributed by atoms with E-state index in [0.29, 0.717) is 18.0 Å². The molecule has 2 atom stereocenters. The van der Waals surface area contributed by atoms with Crippen LogP contribution in [0.1, 0.15) is 62.4 Å². The molecule has 0 aliphatic rings. The molecule has 0 aliphatic heterocycles. The largest absolute Gasteiger partial charge is 0.304 e. The highest BCUT2D eigenvalue weighted by Gasteiger charge is 2.11. The van der Waals surface area contributed by atoms with E-state index >= 15 is 0 Å². The monoisotopic (exact) mass is 345 g/mol. The Hall–Kier alpha value is -1.12. The van der Waals surface area contributed by atoms with Gasteiger partial charge in [-0.2, -0.15) is 0 Å². The van der Waals surface area contributed by atoms with Crippen molar-refractivity contribution in [3.63, 3.8) is 0 Å². The van der Waals surface area contributed by atoms with Gasteiger partial charge in [-0.05, 0) is 48.6 Å². The summed E-state index contributed by atoms with van der Waals surface area (Å²) in [5.41, 5.74) is 4.04. The highest BCUT2D eigenvalue weighted by Crippen LogP contribution is 2.22. The highest BCUT2D eigenvalue weighted by molar-refractivity contribution is 9.10. The van der Waals surface area contributed by atoms with Crippen LogP contribution >= 0.6 is 15.9 Å². The quantitative estimate of drug-likeness (QED) is 0.702. The fourth-order valence-electron chi connectivity index (χ4n) is 2.49. The number of benzene rings is 2. The smallest absolute Gasteiger partial charge is 0.0297 e. The Labute approximate surface area is 136 Å². The van der Waals surface area contributed by atoms with Crippen LogP contribution in [0.2, 0.25) is 0 Å². The van der Waals surface area contributed by atoms with Gasteiger partial charge < -0.3 is 5.32 Å². The first-order valence-electron chi connectivity index (χ1n) is 7.58. The van der Waals surface area contributed by atoms with Crippen molar-refractivity contribution in [1.82, 2.24) is 5.32 Å². The third-order valence-corrected chi connectivity index (χ3v) is 4.50. The number of rotatable bonds is 5. The normalized spacial score (nSPS) is 14.2. The first-order valence-corrected chi connectivity index (χ1v) is 8.38. The van der Waals surface area contributed by atoms with Crippen molar-refractivity contribution in [2.45, 2.75) is 45.7 Å². The summed E-state index contributed by atoms with van der Waals surface area (Å²) < 4.78 is 1.12. The summed E-state index contributed by atoms with van der Waals surface area (Å²) in [6, 6.07) is 18.1. The Morgan fingerprint density at radius 3 is 1.48 bits per heavy atom. The molecule has 0 aromatic heterocycles. The van der Waals surface area contributed by atoms with Crippen LogP contribution in [0, 0.1) is 0 Å². The molecular weight excluding hydrogens is 322 g/mol. The van der Waals surface area contributed by atoms with E-state index in [1.54, 1.807) is 0 Å². The fraction of sp³-hybridized carbons (Fsp3) is 0.368. The van der Waals surface area contributed by atoms with E-state index in [1.165, 1.54) is 16.7 Å². The second-order valence-electron chi connectivity index (χ2n) is 5.98. The molecule has 0 amide bonds. The van der Waals surface area contributed by atoms with E-state index in [1.807, 2.05) is 0 Å². The summed E-state index contributed by atoms with van der Waals surface area (Å²) in [5.74, 6) is 0.587. The predicted octanol–water partition coefficient (Wildman–Crippen LogP) is 5.98. The lowest BCUT2D eigenvalue weighted by Gasteiger charge is -2.21. The summed E-state index contributed by atoms with van der Waals surface area (Å²) >= 11 is 3.48. The molecule has 0 radical (unpaired) electrons. The topological polar surface area (TPSA) is 12.0 Å².